The lowest BCUT2D eigenvalue weighted by molar-refractivity contribution is 0.122. The average Bonchev–Trinajstić information content (AvgIpc) is 2.68. The van der Waals surface area contributed by atoms with Crippen LogP contribution in [0.2, 0.25) is 0 Å². The molecule has 0 radical (unpaired) electrons. The number of morpholine rings is 1. The van der Waals surface area contributed by atoms with Gasteiger partial charge in [-0.1, -0.05) is 36.8 Å². The van der Waals surface area contributed by atoms with E-state index < -0.39 is 0 Å². The van der Waals surface area contributed by atoms with E-state index in [9.17, 15) is 9.59 Å². The summed E-state index contributed by atoms with van der Waals surface area (Å²) in [5.41, 5.74) is 1.16. The van der Waals surface area contributed by atoms with Gasteiger partial charge in [0.15, 0.2) is 5.82 Å². The molecule has 3 aromatic rings. The standard InChI is InChI=1S/C19H21N3O3S/c1-2-3-8-22-14-7-5-4-6-13(14)16(23)15-18(22)26-19(24)17(20-15)21-9-11-25-12-10-21/h4-7H,2-3,8-12H2,1H3. The molecule has 0 amide bonds. The summed E-state index contributed by atoms with van der Waals surface area (Å²) < 4.78 is 7.34. The zero-order chi connectivity index (χ0) is 18.1. The molecule has 0 bridgehead atoms. The minimum atomic E-state index is -0.103. The lowest BCUT2D eigenvalue weighted by atomic mass is 10.2. The van der Waals surface area contributed by atoms with E-state index >= 15 is 0 Å². The summed E-state index contributed by atoms with van der Waals surface area (Å²) in [7, 11) is 0. The predicted octanol–water partition coefficient (Wildman–Crippen LogP) is 2.61. The van der Waals surface area contributed by atoms with Crippen LogP contribution in [-0.2, 0) is 11.3 Å². The number of hydrogen-bond donors (Lipinski definition) is 0. The summed E-state index contributed by atoms with van der Waals surface area (Å²) in [6.07, 6.45) is 2.02. The van der Waals surface area contributed by atoms with Gasteiger partial charge >= 0.3 is 0 Å². The molecular weight excluding hydrogens is 350 g/mol. The lowest BCUT2D eigenvalue weighted by Gasteiger charge is -2.27. The Morgan fingerprint density at radius 2 is 1.96 bits per heavy atom. The Hall–Kier alpha value is -2.25. The molecule has 26 heavy (non-hydrogen) atoms. The maximum atomic E-state index is 13.0. The Labute approximate surface area is 154 Å². The number of para-hydroxylation sites is 1. The van der Waals surface area contributed by atoms with Crippen LogP contribution in [0.25, 0.3) is 21.3 Å². The van der Waals surface area contributed by atoms with Gasteiger partial charge in [0.25, 0.3) is 4.74 Å². The monoisotopic (exact) mass is 371 g/mol. The summed E-state index contributed by atoms with van der Waals surface area (Å²) in [5.74, 6) is 0.375. The molecule has 0 atom stereocenters. The highest BCUT2D eigenvalue weighted by Gasteiger charge is 2.20. The van der Waals surface area contributed by atoms with Crippen LogP contribution in [0.1, 0.15) is 19.8 Å². The second-order valence-electron chi connectivity index (χ2n) is 6.43. The van der Waals surface area contributed by atoms with Gasteiger partial charge in [-0.05, 0) is 18.6 Å². The molecule has 3 heterocycles. The van der Waals surface area contributed by atoms with E-state index in [1.54, 1.807) is 0 Å². The molecular formula is C19H21N3O3S. The molecule has 7 heteroatoms. The molecule has 6 nitrogen and oxygen atoms in total. The number of anilines is 1. The predicted molar refractivity (Wildman–Crippen MR) is 106 cm³/mol. The van der Waals surface area contributed by atoms with Crippen LogP contribution in [0.3, 0.4) is 0 Å². The molecule has 1 aromatic carbocycles. The molecule has 0 aliphatic carbocycles. The van der Waals surface area contributed by atoms with Gasteiger partial charge in [0.2, 0.25) is 5.43 Å². The normalized spacial score (nSPS) is 15.0. The van der Waals surface area contributed by atoms with Crippen molar-refractivity contribution in [2.24, 2.45) is 0 Å². The highest BCUT2D eigenvalue weighted by molar-refractivity contribution is 7.16. The van der Waals surface area contributed by atoms with Gasteiger partial charge in [0.1, 0.15) is 10.3 Å². The molecule has 136 valence electrons. The van der Waals surface area contributed by atoms with E-state index in [0.29, 0.717) is 47.9 Å². The van der Waals surface area contributed by atoms with Gasteiger partial charge in [-0.2, -0.15) is 0 Å². The van der Waals surface area contributed by atoms with Crippen molar-refractivity contribution in [3.05, 3.63) is 44.0 Å². The van der Waals surface area contributed by atoms with Crippen molar-refractivity contribution in [2.75, 3.05) is 31.2 Å². The zero-order valence-corrected chi connectivity index (χ0v) is 15.6. The molecule has 4 rings (SSSR count). The number of unbranched alkanes of at least 4 members (excludes halogenated alkanes) is 1. The number of aromatic nitrogens is 2. The fourth-order valence-corrected chi connectivity index (χ4v) is 4.34. The largest absolute Gasteiger partial charge is 0.378 e. The molecule has 2 aromatic heterocycles. The van der Waals surface area contributed by atoms with E-state index in [1.807, 2.05) is 29.2 Å². The third-order valence-corrected chi connectivity index (χ3v) is 5.71. The number of benzene rings is 1. The van der Waals surface area contributed by atoms with Gasteiger partial charge in [-0.3, -0.25) is 9.59 Å². The van der Waals surface area contributed by atoms with Crippen LogP contribution in [0.15, 0.2) is 33.9 Å². The first-order chi connectivity index (χ1) is 12.7. The second kappa shape index (κ2) is 7.17. The Morgan fingerprint density at radius 1 is 1.19 bits per heavy atom. The topological polar surface area (TPSA) is 64.4 Å². The van der Waals surface area contributed by atoms with E-state index in [0.717, 1.165) is 36.2 Å². The summed E-state index contributed by atoms with van der Waals surface area (Å²) in [4.78, 5) is 33.0. The molecule has 1 aliphatic rings. The number of fused-ring (bicyclic) bond motifs is 2. The van der Waals surface area contributed by atoms with E-state index in [2.05, 4.69) is 16.5 Å². The molecule has 1 aliphatic heterocycles. The van der Waals surface area contributed by atoms with Crippen molar-refractivity contribution in [2.45, 2.75) is 26.3 Å². The van der Waals surface area contributed by atoms with Gasteiger partial charge in [-0.25, -0.2) is 4.98 Å². The quantitative estimate of drug-likeness (QED) is 0.660. The van der Waals surface area contributed by atoms with Crippen molar-refractivity contribution < 1.29 is 4.74 Å². The van der Waals surface area contributed by atoms with E-state index in [1.165, 1.54) is 0 Å². The Bertz CT molecular complexity index is 1070. The van der Waals surface area contributed by atoms with Crippen LogP contribution < -0.4 is 15.1 Å². The lowest BCUT2D eigenvalue weighted by Crippen LogP contribution is -2.39. The van der Waals surface area contributed by atoms with Crippen LogP contribution in [0.5, 0.6) is 0 Å². The number of pyridine rings is 1. The first kappa shape index (κ1) is 17.2. The number of hydrogen-bond acceptors (Lipinski definition) is 6. The smallest absolute Gasteiger partial charge is 0.276 e. The van der Waals surface area contributed by atoms with Gasteiger partial charge in [0.05, 0.1) is 18.7 Å². The van der Waals surface area contributed by atoms with Crippen LogP contribution in [0, 0.1) is 0 Å². The molecule has 1 fully saturated rings. The van der Waals surface area contributed by atoms with Gasteiger partial charge < -0.3 is 14.2 Å². The highest BCUT2D eigenvalue weighted by Crippen LogP contribution is 2.22. The number of rotatable bonds is 4. The molecule has 0 saturated carbocycles. The second-order valence-corrected chi connectivity index (χ2v) is 7.39. The maximum absolute atomic E-state index is 13.0. The SMILES string of the molecule is CCCCn1c2ccccc2c(=O)c2nc(N3CCOCC3)c(=O)sc21. The molecule has 0 N–H and O–H groups in total. The molecule has 1 saturated heterocycles. The highest BCUT2D eigenvalue weighted by atomic mass is 32.1. The van der Waals surface area contributed by atoms with Crippen molar-refractivity contribution >= 4 is 38.4 Å². The summed E-state index contributed by atoms with van der Waals surface area (Å²) in [6.45, 7) is 5.28. The van der Waals surface area contributed by atoms with Crippen LogP contribution >= 0.6 is 11.3 Å². The van der Waals surface area contributed by atoms with E-state index in [-0.39, 0.29) is 10.2 Å². The minimum absolute atomic E-state index is 0.0978. The Balaban J connectivity index is 2.01. The minimum Gasteiger partial charge on any atom is -0.378 e. The fraction of sp³-hybridized carbons (Fsp3) is 0.421. The van der Waals surface area contributed by atoms with Crippen molar-refractivity contribution in [1.29, 1.82) is 0 Å². The third kappa shape index (κ3) is 2.91. The first-order valence-electron chi connectivity index (χ1n) is 9.00. The number of nitrogens with zero attached hydrogens (tertiary/aromatic N) is 3. The van der Waals surface area contributed by atoms with Gasteiger partial charge in [-0.15, -0.1) is 0 Å². The van der Waals surface area contributed by atoms with Crippen molar-refractivity contribution in [3.63, 3.8) is 0 Å². The average molecular weight is 371 g/mol. The third-order valence-electron chi connectivity index (χ3n) is 4.74. The maximum Gasteiger partial charge on any atom is 0.276 e. The van der Waals surface area contributed by atoms with Crippen molar-refractivity contribution in [3.8, 4) is 0 Å². The number of ether oxygens (including phenoxy) is 1. The van der Waals surface area contributed by atoms with Crippen LogP contribution in [0.4, 0.5) is 5.82 Å². The van der Waals surface area contributed by atoms with Crippen LogP contribution in [-0.4, -0.2) is 35.9 Å². The van der Waals surface area contributed by atoms with Gasteiger partial charge in [0, 0.05) is 25.0 Å². The number of aryl methyl sites for hydroxylation is 1. The Morgan fingerprint density at radius 3 is 2.73 bits per heavy atom. The molecule has 0 spiro atoms. The summed E-state index contributed by atoms with van der Waals surface area (Å²) >= 11 is 1.13. The first-order valence-corrected chi connectivity index (χ1v) is 9.81. The van der Waals surface area contributed by atoms with Crippen molar-refractivity contribution in [1.82, 2.24) is 9.55 Å². The summed E-state index contributed by atoms with van der Waals surface area (Å²) in [6, 6.07) is 7.58. The fourth-order valence-electron chi connectivity index (χ4n) is 3.36. The summed E-state index contributed by atoms with van der Waals surface area (Å²) in [5, 5.41) is 0.655. The molecule has 0 unspecified atom stereocenters. The Kier molecular flexibility index (Phi) is 4.74. The zero-order valence-electron chi connectivity index (χ0n) is 14.7. The van der Waals surface area contributed by atoms with E-state index in [4.69, 9.17) is 4.74 Å².